The molecule has 150 valence electrons. The van der Waals surface area contributed by atoms with E-state index in [0.29, 0.717) is 24.3 Å². The SMILES string of the molecule is CCNC(=O)NC(=O)C(C)OC(=O)CNC(=O)C12CC3CC(CC(C3)C1)C2. The highest BCUT2D eigenvalue weighted by Crippen LogP contribution is 2.60. The molecule has 0 spiro atoms. The van der Waals surface area contributed by atoms with Crippen molar-refractivity contribution >= 4 is 23.8 Å². The van der Waals surface area contributed by atoms with Gasteiger partial charge in [-0.1, -0.05) is 0 Å². The quantitative estimate of drug-likeness (QED) is 0.598. The first-order chi connectivity index (χ1) is 12.8. The molecule has 0 aromatic heterocycles. The number of imide groups is 1. The van der Waals surface area contributed by atoms with E-state index >= 15 is 0 Å². The van der Waals surface area contributed by atoms with Gasteiger partial charge in [0, 0.05) is 12.0 Å². The van der Waals surface area contributed by atoms with Gasteiger partial charge in [0.25, 0.3) is 5.91 Å². The molecule has 4 aliphatic rings. The van der Waals surface area contributed by atoms with Crippen molar-refractivity contribution in [2.24, 2.45) is 23.2 Å². The number of esters is 1. The molecule has 0 aromatic rings. The van der Waals surface area contributed by atoms with Gasteiger partial charge in [-0.25, -0.2) is 4.79 Å². The monoisotopic (exact) mass is 379 g/mol. The van der Waals surface area contributed by atoms with Crippen molar-refractivity contribution in [2.45, 2.75) is 58.5 Å². The third kappa shape index (κ3) is 4.42. The van der Waals surface area contributed by atoms with Gasteiger partial charge < -0.3 is 15.4 Å². The summed E-state index contributed by atoms with van der Waals surface area (Å²) in [6.07, 6.45) is 5.38. The van der Waals surface area contributed by atoms with E-state index < -0.39 is 24.0 Å². The lowest BCUT2D eigenvalue weighted by atomic mass is 9.49. The molecule has 3 N–H and O–H groups in total. The summed E-state index contributed by atoms with van der Waals surface area (Å²) in [7, 11) is 0. The van der Waals surface area contributed by atoms with Crippen molar-refractivity contribution in [3.63, 3.8) is 0 Å². The fourth-order valence-corrected chi connectivity index (χ4v) is 5.44. The molecule has 4 bridgehead atoms. The van der Waals surface area contributed by atoms with Crippen LogP contribution < -0.4 is 16.0 Å². The van der Waals surface area contributed by atoms with E-state index in [1.165, 1.54) is 26.2 Å². The van der Waals surface area contributed by atoms with Crippen molar-refractivity contribution in [1.82, 2.24) is 16.0 Å². The van der Waals surface area contributed by atoms with Crippen LogP contribution in [0.1, 0.15) is 52.4 Å². The molecule has 4 rings (SSSR count). The normalized spacial score (nSPS) is 31.7. The fraction of sp³-hybridized carbons (Fsp3) is 0.789. The predicted molar refractivity (Wildman–Crippen MR) is 96.4 cm³/mol. The summed E-state index contributed by atoms with van der Waals surface area (Å²) in [6.45, 7) is 3.22. The van der Waals surface area contributed by atoms with Gasteiger partial charge in [-0.3, -0.25) is 19.7 Å². The number of carbonyl (C=O) groups is 4. The molecule has 27 heavy (non-hydrogen) atoms. The van der Waals surface area contributed by atoms with Gasteiger partial charge >= 0.3 is 12.0 Å². The molecule has 1 atom stereocenters. The number of hydrogen-bond acceptors (Lipinski definition) is 5. The number of amides is 4. The Balaban J connectivity index is 1.44. The number of nitrogens with one attached hydrogen (secondary N) is 3. The first kappa shape index (κ1) is 19.6. The molecular weight excluding hydrogens is 350 g/mol. The lowest BCUT2D eigenvalue weighted by molar-refractivity contribution is -0.156. The molecule has 8 nitrogen and oxygen atoms in total. The third-order valence-electron chi connectivity index (χ3n) is 6.16. The molecule has 0 heterocycles. The minimum absolute atomic E-state index is 0.0574. The zero-order valence-electron chi connectivity index (χ0n) is 16.0. The van der Waals surface area contributed by atoms with Gasteiger partial charge in [-0.15, -0.1) is 0 Å². The number of hydrogen-bond donors (Lipinski definition) is 3. The minimum atomic E-state index is -1.11. The standard InChI is InChI=1S/C19H29N3O5/c1-3-20-18(26)22-16(24)11(2)27-15(23)10-21-17(25)19-7-12-4-13(8-19)6-14(5-12)9-19/h11-14H,3-10H2,1-2H3,(H,21,25)(H2,20,22,24,26). The minimum Gasteiger partial charge on any atom is -0.451 e. The Morgan fingerprint density at radius 2 is 1.56 bits per heavy atom. The third-order valence-corrected chi connectivity index (χ3v) is 6.16. The van der Waals surface area contributed by atoms with Crippen LogP contribution in [0.5, 0.6) is 0 Å². The van der Waals surface area contributed by atoms with Crippen molar-refractivity contribution in [3.8, 4) is 0 Å². The number of urea groups is 1. The van der Waals surface area contributed by atoms with Gasteiger partial charge in [-0.05, 0) is 70.1 Å². The van der Waals surface area contributed by atoms with Gasteiger partial charge in [0.05, 0.1) is 0 Å². The van der Waals surface area contributed by atoms with Crippen LogP contribution in [0.15, 0.2) is 0 Å². The Bertz CT molecular complexity index is 598. The van der Waals surface area contributed by atoms with E-state index in [2.05, 4.69) is 16.0 Å². The van der Waals surface area contributed by atoms with Gasteiger partial charge in [-0.2, -0.15) is 0 Å². The molecule has 4 saturated carbocycles. The Hall–Kier alpha value is -2.12. The van der Waals surface area contributed by atoms with Crippen LogP contribution in [0.3, 0.4) is 0 Å². The van der Waals surface area contributed by atoms with E-state index in [1.807, 2.05) is 0 Å². The first-order valence-corrected chi connectivity index (χ1v) is 9.88. The van der Waals surface area contributed by atoms with Gasteiger partial charge in [0.1, 0.15) is 6.54 Å². The zero-order chi connectivity index (χ0) is 19.6. The highest BCUT2D eigenvalue weighted by Gasteiger charge is 2.54. The second kappa shape index (κ2) is 7.86. The molecule has 8 heteroatoms. The summed E-state index contributed by atoms with van der Waals surface area (Å²) in [5.41, 5.74) is -0.323. The Kier molecular flexibility index (Phi) is 5.72. The van der Waals surface area contributed by atoms with Crippen molar-refractivity contribution in [1.29, 1.82) is 0 Å². The van der Waals surface area contributed by atoms with E-state index in [4.69, 9.17) is 4.74 Å². The van der Waals surface area contributed by atoms with Crippen LogP contribution in [0.4, 0.5) is 4.79 Å². The summed E-state index contributed by atoms with van der Waals surface area (Å²) in [6, 6.07) is -0.638. The second-order valence-corrected chi connectivity index (χ2v) is 8.36. The molecular formula is C19H29N3O5. The van der Waals surface area contributed by atoms with Gasteiger partial charge in [0.15, 0.2) is 6.10 Å². The summed E-state index contributed by atoms with van der Waals surface area (Å²) < 4.78 is 5.01. The molecule has 4 aliphatic carbocycles. The Labute approximate surface area is 159 Å². The van der Waals surface area contributed by atoms with Crippen LogP contribution >= 0.6 is 0 Å². The topological polar surface area (TPSA) is 114 Å². The maximum Gasteiger partial charge on any atom is 0.326 e. The van der Waals surface area contributed by atoms with E-state index in [0.717, 1.165) is 19.3 Å². The Morgan fingerprint density at radius 1 is 1.00 bits per heavy atom. The van der Waals surface area contributed by atoms with Crippen LogP contribution in [0.25, 0.3) is 0 Å². The van der Waals surface area contributed by atoms with Crippen molar-refractivity contribution in [2.75, 3.05) is 13.1 Å². The summed E-state index contributed by atoms with van der Waals surface area (Å²) in [4.78, 5) is 47.9. The van der Waals surface area contributed by atoms with Crippen LogP contribution in [-0.2, 0) is 19.1 Å². The van der Waals surface area contributed by atoms with E-state index in [-0.39, 0.29) is 17.9 Å². The lowest BCUT2D eigenvalue weighted by Gasteiger charge is -2.55. The maximum atomic E-state index is 12.8. The molecule has 4 fully saturated rings. The molecule has 1 unspecified atom stereocenters. The summed E-state index contributed by atoms with van der Waals surface area (Å²) in [5, 5.41) is 7.23. The van der Waals surface area contributed by atoms with E-state index in [1.54, 1.807) is 6.92 Å². The van der Waals surface area contributed by atoms with Crippen LogP contribution in [0, 0.1) is 23.2 Å². The number of carbonyl (C=O) groups excluding carboxylic acids is 4. The maximum absolute atomic E-state index is 12.8. The summed E-state index contributed by atoms with van der Waals surface area (Å²) in [5.74, 6) is 0.483. The Morgan fingerprint density at radius 3 is 2.07 bits per heavy atom. The van der Waals surface area contributed by atoms with Crippen molar-refractivity contribution < 1.29 is 23.9 Å². The van der Waals surface area contributed by atoms with Gasteiger partial charge in [0.2, 0.25) is 5.91 Å². The first-order valence-electron chi connectivity index (χ1n) is 9.88. The summed E-state index contributed by atoms with van der Waals surface area (Å²) >= 11 is 0. The zero-order valence-corrected chi connectivity index (χ0v) is 16.0. The lowest BCUT2D eigenvalue weighted by Crippen LogP contribution is -2.54. The molecule has 0 saturated heterocycles. The average Bonchev–Trinajstić information content (AvgIpc) is 2.58. The largest absolute Gasteiger partial charge is 0.451 e. The van der Waals surface area contributed by atoms with Crippen LogP contribution in [-0.4, -0.2) is 43.0 Å². The predicted octanol–water partition coefficient (Wildman–Crippen LogP) is 1.10. The molecule has 0 aromatic carbocycles. The smallest absolute Gasteiger partial charge is 0.326 e. The molecule has 0 aliphatic heterocycles. The van der Waals surface area contributed by atoms with Crippen molar-refractivity contribution in [3.05, 3.63) is 0 Å². The fourth-order valence-electron chi connectivity index (χ4n) is 5.44. The molecule has 4 amide bonds. The highest BCUT2D eigenvalue weighted by molar-refractivity contribution is 5.97. The number of ether oxygens (including phenoxy) is 1. The average molecular weight is 379 g/mol. The van der Waals surface area contributed by atoms with Crippen LogP contribution in [0.2, 0.25) is 0 Å². The van der Waals surface area contributed by atoms with E-state index in [9.17, 15) is 19.2 Å². The molecule has 0 radical (unpaired) electrons. The highest BCUT2D eigenvalue weighted by atomic mass is 16.5. The second-order valence-electron chi connectivity index (χ2n) is 8.36. The number of rotatable bonds is 6.